The van der Waals surface area contributed by atoms with Crippen LogP contribution in [0.5, 0.6) is 0 Å². The Labute approximate surface area is 168 Å². The lowest BCUT2D eigenvalue weighted by molar-refractivity contribution is -0.123. The number of hydrogen-bond acceptors (Lipinski definition) is 5. The Balaban J connectivity index is 1.96. The number of carbonyl (C=O) groups is 1. The van der Waals surface area contributed by atoms with Gasteiger partial charge in [-0.2, -0.15) is 0 Å². The molecule has 1 amide bonds. The Morgan fingerprint density at radius 3 is 2.85 bits per heavy atom. The van der Waals surface area contributed by atoms with Crippen molar-refractivity contribution in [3.63, 3.8) is 0 Å². The first kappa shape index (κ1) is 19.2. The van der Waals surface area contributed by atoms with E-state index < -0.39 is 9.75 Å². The fourth-order valence-corrected chi connectivity index (χ4v) is 4.51. The van der Waals surface area contributed by atoms with Gasteiger partial charge in [-0.05, 0) is 31.0 Å². The van der Waals surface area contributed by atoms with E-state index in [-0.39, 0.29) is 24.1 Å². The van der Waals surface area contributed by atoms with Gasteiger partial charge in [0.05, 0.1) is 5.41 Å². The number of alkyl halides is 2. The summed E-state index contributed by atoms with van der Waals surface area (Å²) in [7, 11) is 0. The molecule has 1 unspecified atom stereocenters. The molecule has 3 rings (SSSR count). The fourth-order valence-electron chi connectivity index (χ4n) is 2.49. The van der Waals surface area contributed by atoms with Crippen molar-refractivity contribution in [3.05, 3.63) is 40.1 Å². The van der Waals surface area contributed by atoms with Gasteiger partial charge in [0.15, 0.2) is 5.15 Å². The maximum Gasteiger partial charge on any atom is 0.236 e. The first-order valence-electron chi connectivity index (χ1n) is 7.57. The van der Waals surface area contributed by atoms with Crippen LogP contribution in [0.15, 0.2) is 29.6 Å². The molecule has 0 bridgehead atoms. The number of pyridine rings is 1. The summed E-state index contributed by atoms with van der Waals surface area (Å²) in [6, 6.07) is 3.64. The van der Waals surface area contributed by atoms with Crippen molar-refractivity contribution in [3.8, 4) is 10.6 Å². The molecular formula is C15H13Cl3N6OS. The second kappa shape index (κ2) is 7.21. The van der Waals surface area contributed by atoms with Crippen LogP contribution < -0.4 is 4.90 Å². The van der Waals surface area contributed by atoms with Crippen LogP contribution in [0, 0.1) is 5.41 Å². The molecule has 0 N–H and O–H groups in total. The summed E-state index contributed by atoms with van der Waals surface area (Å²) in [6.45, 7) is 1.94. The highest BCUT2D eigenvalue weighted by Gasteiger charge is 2.69. The number of nitrogens with zero attached hydrogens (tertiary/aromatic N) is 6. The molecule has 0 spiro atoms. The summed E-state index contributed by atoms with van der Waals surface area (Å²) in [5.74, 6) is -0.279. The minimum Gasteiger partial charge on any atom is -0.300 e. The monoisotopic (exact) mass is 430 g/mol. The van der Waals surface area contributed by atoms with E-state index in [4.69, 9.17) is 40.3 Å². The molecule has 0 aliphatic heterocycles. The average Bonchev–Trinajstić information content (AvgIpc) is 2.94. The zero-order valence-electron chi connectivity index (χ0n) is 13.6. The zero-order chi connectivity index (χ0) is 18.9. The zero-order valence-corrected chi connectivity index (χ0v) is 16.6. The predicted molar refractivity (Wildman–Crippen MR) is 104 cm³/mol. The fraction of sp³-hybridized carbons (Fsp3) is 0.400. The number of carbonyl (C=O) groups excluding carboxylic acids is 1. The molecular weight excluding hydrogens is 419 g/mol. The van der Waals surface area contributed by atoms with Crippen molar-refractivity contribution in [2.75, 3.05) is 18.0 Å². The van der Waals surface area contributed by atoms with Crippen LogP contribution >= 0.6 is 46.1 Å². The molecule has 2 aromatic heterocycles. The molecule has 2 aromatic rings. The topological polar surface area (TPSA) is 94.9 Å². The Morgan fingerprint density at radius 1 is 1.54 bits per heavy atom. The highest BCUT2D eigenvalue weighted by molar-refractivity contribution is 7.19. The number of rotatable bonds is 6. The van der Waals surface area contributed by atoms with Gasteiger partial charge in [-0.1, -0.05) is 28.1 Å². The average molecular weight is 432 g/mol. The summed E-state index contributed by atoms with van der Waals surface area (Å²) in [5.41, 5.74) is 8.39. The summed E-state index contributed by atoms with van der Waals surface area (Å²) >= 11 is 19.9. The van der Waals surface area contributed by atoms with E-state index in [0.717, 1.165) is 5.56 Å². The van der Waals surface area contributed by atoms with Gasteiger partial charge < -0.3 is 4.90 Å². The molecule has 1 aliphatic carbocycles. The van der Waals surface area contributed by atoms with Crippen molar-refractivity contribution >= 4 is 57.0 Å². The highest BCUT2D eigenvalue weighted by Crippen LogP contribution is 2.64. The van der Waals surface area contributed by atoms with Crippen LogP contribution in [0.2, 0.25) is 5.15 Å². The number of hydrogen-bond donors (Lipinski definition) is 0. The second-order valence-corrected chi connectivity index (χ2v) is 8.80. The Hall–Kier alpha value is -1.57. The number of amides is 1. The highest BCUT2D eigenvalue weighted by atomic mass is 35.5. The summed E-state index contributed by atoms with van der Waals surface area (Å²) in [6.07, 6.45) is 3.66. The van der Waals surface area contributed by atoms with Gasteiger partial charge >= 0.3 is 0 Å². The molecule has 1 aliphatic rings. The first-order valence-corrected chi connectivity index (χ1v) is 9.52. The summed E-state index contributed by atoms with van der Waals surface area (Å²) in [4.78, 5) is 25.6. The molecule has 0 aromatic carbocycles. The van der Waals surface area contributed by atoms with Crippen molar-refractivity contribution in [2.45, 2.75) is 17.7 Å². The Bertz CT molecular complexity index is 883. The third-order valence-corrected chi connectivity index (χ3v) is 6.79. The number of thiazole rings is 1. The first-order chi connectivity index (χ1) is 12.3. The summed E-state index contributed by atoms with van der Waals surface area (Å²) < 4.78 is -1.12. The minimum atomic E-state index is -1.12. The molecule has 1 saturated carbocycles. The van der Waals surface area contributed by atoms with E-state index >= 15 is 0 Å². The molecule has 26 heavy (non-hydrogen) atoms. The van der Waals surface area contributed by atoms with Crippen LogP contribution in [-0.2, 0) is 4.79 Å². The molecule has 136 valence electrons. The van der Waals surface area contributed by atoms with Crippen LogP contribution in [0.25, 0.3) is 21.0 Å². The van der Waals surface area contributed by atoms with Gasteiger partial charge in [-0.25, -0.2) is 4.98 Å². The van der Waals surface area contributed by atoms with Crippen molar-refractivity contribution < 1.29 is 4.79 Å². The van der Waals surface area contributed by atoms with Gasteiger partial charge in [0, 0.05) is 36.0 Å². The van der Waals surface area contributed by atoms with Crippen LogP contribution in [0.3, 0.4) is 0 Å². The normalized spacial score (nSPS) is 20.3. The third-order valence-electron chi connectivity index (χ3n) is 4.19. The largest absolute Gasteiger partial charge is 0.300 e. The quantitative estimate of drug-likeness (QED) is 0.276. The van der Waals surface area contributed by atoms with Crippen LogP contribution in [0.1, 0.15) is 13.3 Å². The van der Waals surface area contributed by atoms with Crippen LogP contribution in [0.4, 0.5) is 5.00 Å². The van der Waals surface area contributed by atoms with Gasteiger partial charge in [0.1, 0.15) is 14.3 Å². The van der Waals surface area contributed by atoms with E-state index in [0.29, 0.717) is 16.4 Å². The number of azide groups is 1. The SMILES string of the molecule is CC1(C(=O)N(CCN=[N+]=[N-])c2sc(-c3cccnc3)nc2Cl)CC1(Cl)Cl. The lowest BCUT2D eigenvalue weighted by Crippen LogP contribution is -2.39. The van der Waals surface area contributed by atoms with Crippen molar-refractivity contribution in [1.82, 2.24) is 9.97 Å². The molecule has 1 atom stereocenters. The molecule has 2 heterocycles. The lowest BCUT2D eigenvalue weighted by Gasteiger charge is -2.24. The molecule has 0 radical (unpaired) electrons. The lowest BCUT2D eigenvalue weighted by atomic mass is 10.1. The van der Waals surface area contributed by atoms with E-state index in [9.17, 15) is 4.79 Å². The van der Waals surface area contributed by atoms with E-state index in [1.54, 1.807) is 25.4 Å². The van der Waals surface area contributed by atoms with Gasteiger partial charge in [-0.15, -0.1) is 23.2 Å². The maximum absolute atomic E-state index is 13.1. The molecule has 11 heteroatoms. The van der Waals surface area contributed by atoms with Crippen molar-refractivity contribution in [1.29, 1.82) is 0 Å². The Kier molecular flexibility index (Phi) is 5.33. The van der Waals surface area contributed by atoms with Gasteiger partial charge in [0.25, 0.3) is 0 Å². The van der Waals surface area contributed by atoms with Gasteiger partial charge in [-0.3, -0.25) is 9.78 Å². The molecule has 0 saturated heterocycles. The van der Waals surface area contributed by atoms with Gasteiger partial charge in [0.2, 0.25) is 5.91 Å². The van der Waals surface area contributed by atoms with Crippen LogP contribution in [-0.4, -0.2) is 33.3 Å². The molecule has 1 fully saturated rings. The van der Waals surface area contributed by atoms with E-state index in [1.807, 2.05) is 6.07 Å². The van der Waals surface area contributed by atoms with E-state index in [2.05, 4.69) is 20.0 Å². The minimum absolute atomic E-state index is 0.0896. The number of aromatic nitrogens is 2. The third kappa shape index (κ3) is 3.48. The van der Waals surface area contributed by atoms with E-state index in [1.165, 1.54) is 16.2 Å². The smallest absolute Gasteiger partial charge is 0.236 e. The Morgan fingerprint density at radius 2 is 2.27 bits per heavy atom. The maximum atomic E-state index is 13.1. The predicted octanol–water partition coefficient (Wildman–Crippen LogP) is 5.09. The second-order valence-electron chi connectivity index (χ2n) is 5.98. The summed E-state index contributed by atoms with van der Waals surface area (Å²) in [5, 5.41) is 4.77. The molecule has 7 nitrogen and oxygen atoms in total. The standard InChI is InChI=1S/C15H13Cl3N6OS/c1-14(8-15(14,17)18)13(25)24(6-5-21-23-19)12-10(16)22-11(26-12)9-3-2-4-20-7-9/h2-4,7H,5-6,8H2,1H3. The number of halogens is 3. The van der Waals surface area contributed by atoms with Crippen molar-refractivity contribution in [2.24, 2.45) is 10.5 Å². The number of anilines is 1.